The number of halogens is 3. The largest absolute Gasteiger partial charge is 0.423 e. The summed E-state index contributed by atoms with van der Waals surface area (Å²) < 4.78 is 35.2. The van der Waals surface area contributed by atoms with Crippen molar-refractivity contribution in [1.82, 2.24) is 0 Å². The summed E-state index contributed by atoms with van der Waals surface area (Å²) in [5.41, 5.74) is -1.13. The van der Waals surface area contributed by atoms with Crippen molar-refractivity contribution < 1.29 is 18.3 Å². The topological polar surface area (TPSA) is 20.2 Å². The van der Waals surface area contributed by atoms with Gasteiger partial charge in [-0.25, -0.2) is 0 Å². The quantitative estimate of drug-likeness (QED) is 0.608. The van der Waals surface area contributed by atoms with Crippen LogP contribution in [0.15, 0.2) is 12.2 Å². The Balaban J connectivity index is 4.24. The van der Waals surface area contributed by atoms with Crippen molar-refractivity contribution in [2.75, 3.05) is 0 Å². The predicted molar refractivity (Wildman–Crippen MR) is 39.3 cm³/mol. The summed E-state index contributed by atoms with van der Waals surface area (Å²) in [7, 11) is 0. The standard InChI is InChI=1S/C8H9F3O/c1-3-7(12)5-4-6(2)8(9,10)11/h7,12H,2-3H2,1H3. The first-order valence-corrected chi connectivity index (χ1v) is 3.33. The van der Waals surface area contributed by atoms with Gasteiger partial charge in [-0.2, -0.15) is 13.2 Å². The molecule has 0 aliphatic carbocycles. The van der Waals surface area contributed by atoms with Gasteiger partial charge in [0.05, 0.1) is 5.57 Å². The highest BCUT2D eigenvalue weighted by Crippen LogP contribution is 2.22. The first-order chi connectivity index (χ1) is 5.38. The SMILES string of the molecule is C=C(C#CC(O)CC)C(F)(F)F. The molecule has 12 heavy (non-hydrogen) atoms. The van der Waals surface area contributed by atoms with E-state index in [1.54, 1.807) is 12.8 Å². The second kappa shape index (κ2) is 4.17. The van der Waals surface area contributed by atoms with Crippen LogP contribution in [0.5, 0.6) is 0 Å². The van der Waals surface area contributed by atoms with Gasteiger partial charge in [-0.05, 0) is 6.42 Å². The molecule has 0 rings (SSSR count). The molecule has 0 saturated carbocycles. The number of rotatable bonds is 1. The van der Waals surface area contributed by atoms with Crippen molar-refractivity contribution in [3.05, 3.63) is 12.2 Å². The molecule has 1 unspecified atom stereocenters. The molecule has 0 saturated heterocycles. The van der Waals surface area contributed by atoms with E-state index in [1.807, 2.05) is 5.92 Å². The zero-order valence-electron chi connectivity index (χ0n) is 6.57. The molecule has 0 aromatic carbocycles. The molecule has 0 aliphatic rings. The zero-order valence-corrected chi connectivity index (χ0v) is 6.57. The van der Waals surface area contributed by atoms with Crippen LogP contribution in [0.25, 0.3) is 0 Å². The van der Waals surface area contributed by atoms with Gasteiger partial charge in [-0.15, -0.1) is 0 Å². The Morgan fingerprint density at radius 3 is 2.42 bits per heavy atom. The molecule has 0 fully saturated rings. The van der Waals surface area contributed by atoms with Gasteiger partial charge in [-0.1, -0.05) is 25.3 Å². The van der Waals surface area contributed by atoms with E-state index in [4.69, 9.17) is 5.11 Å². The number of aliphatic hydroxyl groups excluding tert-OH is 1. The third-order valence-electron chi connectivity index (χ3n) is 1.12. The van der Waals surface area contributed by atoms with E-state index in [0.29, 0.717) is 6.42 Å². The van der Waals surface area contributed by atoms with Crippen LogP contribution in [-0.4, -0.2) is 17.4 Å². The molecule has 1 atom stereocenters. The smallest absolute Gasteiger partial charge is 0.380 e. The van der Waals surface area contributed by atoms with E-state index in [9.17, 15) is 13.2 Å². The fourth-order valence-electron chi connectivity index (χ4n) is 0.343. The van der Waals surface area contributed by atoms with Crippen LogP contribution in [-0.2, 0) is 0 Å². The lowest BCUT2D eigenvalue weighted by Crippen LogP contribution is -2.09. The average Bonchev–Trinajstić information content (AvgIpc) is 1.97. The van der Waals surface area contributed by atoms with Crippen molar-refractivity contribution >= 4 is 0 Å². The lowest BCUT2D eigenvalue weighted by atomic mass is 10.2. The molecule has 1 N–H and O–H groups in total. The summed E-state index contributed by atoms with van der Waals surface area (Å²) in [6, 6.07) is 0. The van der Waals surface area contributed by atoms with Crippen molar-refractivity contribution in [2.24, 2.45) is 0 Å². The van der Waals surface area contributed by atoms with Crippen LogP contribution in [0.2, 0.25) is 0 Å². The van der Waals surface area contributed by atoms with Crippen LogP contribution in [0.3, 0.4) is 0 Å². The van der Waals surface area contributed by atoms with E-state index in [0.717, 1.165) is 0 Å². The van der Waals surface area contributed by atoms with E-state index in [2.05, 4.69) is 6.58 Å². The molecule has 0 heterocycles. The number of allylic oxidation sites excluding steroid dienone is 1. The minimum atomic E-state index is -4.49. The van der Waals surface area contributed by atoms with Crippen molar-refractivity contribution in [3.8, 4) is 11.8 Å². The summed E-state index contributed by atoms with van der Waals surface area (Å²) in [6.07, 6.45) is -5.19. The van der Waals surface area contributed by atoms with Crippen LogP contribution in [0.4, 0.5) is 13.2 Å². The van der Waals surface area contributed by atoms with E-state index in [-0.39, 0.29) is 0 Å². The van der Waals surface area contributed by atoms with E-state index >= 15 is 0 Å². The minimum Gasteiger partial charge on any atom is -0.380 e. The summed E-state index contributed by atoms with van der Waals surface area (Å²) in [5, 5.41) is 8.79. The fourth-order valence-corrected chi connectivity index (χ4v) is 0.343. The first-order valence-electron chi connectivity index (χ1n) is 3.33. The number of aliphatic hydroxyl groups is 1. The number of hydrogen-bond donors (Lipinski definition) is 1. The third-order valence-corrected chi connectivity index (χ3v) is 1.12. The monoisotopic (exact) mass is 178 g/mol. The summed E-state index contributed by atoms with van der Waals surface area (Å²) in [6.45, 7) is 4.34. The maximum atomic E-state index is 11.7. The predicted octanol–water partition coefficient (Wildman–Crippen LogP) is 1.88. The van der Waals surface area contributed by atoms with Crippen LogP contribution in [0.1, 0.15) is 13.3 Å². The normalized spacial score (nSPS) is 13.1. The zero-order chi connectivity index (χ0) is 9.78. The molecular formula is C8H9F3O. The molecule has 0 radical (unpaired) electrons. The number of alkyl halides is 3. The van der Waals surface area contributed by atoms with E-state index in [1.165, 1.54) is 0 Å². The molecule has 0 aromatic rings. The average molecular weight is 178 g/mol. The Hall–Kier alpha value is -0.950. The molecule has 0 bridgehead atoms. The Bertz CT molecular complexity index is 219. The van der Waals surface area contributed by atoms with Crippen molar-refractivity contribution in [3.63, 3.8) is 0 Å². The van der Waals surface area contributed by atoms with E-state index < -0.39 is 17.9 Å². The Labute approximate surface area is 68.9 Å². The van der Waals surface area contributed by atoms with Gasteiger partial charge in [0.1, 0.15) is 6.10 Å². The maximum absolute atomic E-state index is 11.7. The lowest BCUT2D eigenvalue weighted by Gasteiger charge is -2.02. The van der Waals surface area contributed by atoms with Gasteiger partial charge in [0.15, 0.2) is 0 Å². The highest BCUT2D eigenvalue weighted by atomic mass is 19.4. The summed E-state index contributed by atoms with van der Waals surface area (Å²) in [5.74, 6) is 3.78. The Morgan fingerprint density at radius 1 is 1.58 bits per heavy atom. The van der Waals surface area contributed by atoms with Gasteiger partial charge in [0, 0.05) is 0 Å². The maximum Gasteiger partial charge on any atom is 0.423 e. The molecule has 1 nitrogen and oxygen atoms in total. The molecular weight excluding hydrogens is 169 g/mol. The second-order valence-corrected chi connectivity index (χ2v) is 2.17. The molecule has 0 spiro atoms. The first kappa shape index (κ1) is 11.1. The highest BCUT2D eigenvalue weighted by Gasteiger charge is 2.30. The van der Waals surface area contributed by atoms with Gasteiger partial charge in [0.25, 0.3) is 0 Å². The summed E-state index contributed by atoms with van der Waals surface area (Å²) >= 11 is 0. The van der Waals surface area contributed by atoms with Crippen molar-refractivity contribution in [1.29, 1.82) is 0 Å². The van der Waals surface area contributed by atoms with Gasteiger partial charge >= 0.3 is 6.18 Å². The van der Waals surface area contributed by atoms with Crippen LogP contribution >= 0.6 is 0 Å². The Kier molecular flexibility index (Phi) is 3.84. The van der Waals surface area contributed by atoms with Gasteiger partial charge in [0.2, 0.25) is 0 Å². The molecule has 0 aromatic heterocycles. The minimum absolute atomic E-state index is 0.304. The Morgan fingerprint density at radius 2 is 2.08 bits per heavy atom. The van der Waals surface area contributed by atoms with Crippen LogP contribution in [0, 0.1) is 11.8 Å². The summed E-state index contributed by atoms with van der Waals surface area (Å²) in [4.78, 5) is 0. The van der Waals surface area contributed by atoms with Crippen LogP contribution < -0.4 is 0 Å². The second-order valence-electron chi connectivity index (χ2n) is 2.17. The molecule has 0 amide bonds. The highest BCUT2D eigenvalue weighted by molar-refractivity contribution is 5.30. The third kappa shape index (κ3) is 4.04. The lowest BCUT2D eigenvalue weighted by molar-refractivity contribution is -0.0868. The number of hydrogen-bond acceptors (Lipinski definition) is 1. The van der Waals surface area contributed by atoms with Gasteiger partial charge in [-0.3, -0.25) is 0 Å². The fraction of sp³-hybridized carbons (Fsp3) is 0.500. The van der Waals surface area contributed by atoms with Crippen molar-refractivity contribution in [2.45, 2.75) is 25.6 Å². The van der Waals surface area contributed by atoms with Gasteiger partial charge < -0.3 is 5.11 Å². The molecule has 68 valence electrons. The molecule has 4 heteroatoms. The molecule has 0 aliphatic heterocycles.